The number of piperazine rings is 1. The van der Waals surface area contributed by atoms with E-state index in [1.165, 1.54) is 11.1 Å². The summed E-state index contributed by atoms with van der Waals surface area (Å²) in [7, 11) is 0. The number of aromatic carboxylic acids is 1. The number of aryl methyl sites for hydroxylation is 1. The van der Waals surface area contributed by atoms with Gasteiger partial charge in [0.25, 0.3) is 0 Å². The Hall–Kier alpha value is -2.14. The molecule has 28 heavy (non-hydrogen) atoms. The normalized spacial score (nSPS) is 15.9. The topological polar surface area (TPSA) is 43.8 Å². The Morgan fingerprint density at radius 2 is 1.61 bits per heavy atom. The van der Waals surface area contributed by atoms with Gasteiger partial charge in [0.05, 0.1) is 5.56 Å². The Balaban J connectivity index is 1.32. The predicted molar refractivity (Wildman–Crippen MR) is 115 cm³/mol. The molecule has 2 aromatic carbocycles. The Kier molecular flexibility index (Phi) is 7.66. The van der Waals surface area contributed by atoms with Crippen LogP contribution in [0, 0.1) is 0 Å². The van der Waals surface area contributed by atoms with Gasteiger partial charge in [-0.05, 0) is 54.8 Å². The molecule has 3 rings (SSSR count). The van der Waals surface area contributed by atoms with Gasteiger partial charge in [0.1, 0.15) is 0 Å². The molecule has 1 aliphatic rings. The lowest BCUT2D eigenvalue weighted by atomic mass is 10.1. The zero-order chi connectivity index (χ0) is 19.8. The fraction of sp³-hybridized carbons (Fsp3) is 0.348. The molecule has 0 amide bonds. The maximum absolute atomic E-state index is 10.9. The lowest BCUT2D eigenvalue weighted by molar-refractivity contribution is 0.0697. The van der Waals surface area contributed by atoms with E-state index < -0.39 is 5.97 Å². The zero-order valence-corrected chi connectivity index (χ0v) is 16.8. The Bertz CT molecular complexity index is 779. The molecule has 1 fully saturated rings. The summed E-state index contributed by atoms with van der Waals surface area (Å²) >= 11 is 5.91. The number of carboxylic acids is 1. The van der Waals surface area contributed by atoms with Gasteiger partial charge >= 0.3 is 5.97 Å². The van der Waals surface area contributed by atoms with Crippen LogP contribution in [0.15, 0.2) is 54.6 Å². The number of benzene rings is 2. The molecule has 0 spiro atoms. The van der Waals surface area contributed by atoms with Crippen LogP contribution in [0.5, 0.6) is 0 Å². The first kappa shape index (κ1) is 20.6. The third kappa shape index (κ3) is 6.48. The third-order valence-electron chi connectivity index (χ3n) is 5.15. The molecule has 0 aromatic heterocycles. The minimum absolute atomic E-state index is 0.352. The van der Waals surface area contributed by atoms with Crippen LogP contribution in [0.25, 0.3) is 6.08 Å². The minimum Gasteiger partial charge on any atom is -0.478 e. The Labute approximate surface area is 172 Å². The molecule has 0 unspecified atom stereocenters. The van der Waals surface area contributed by atoms with Crippen LogP contribution in [0.1, 0.15) is 27.9 Å². The van der Waals surface area contributed by atoms with Gasteiger partial charge in [-0.1, -0.05) is 48.0 Å². The van der Waals surface area contributed by atoms with E-state index in [1.807, 2.05) is 36.4 Å². The summed E-state index contributed by atoms with van der Waals surface area (Å²) in [6, 6.07) is 15.1. The van der Waals surface area contributed by atoms with Crippen molar-refractivity contribution in [2.45, 2.75) is 12.8 Å². The summed E-state index contributed by atoms with van der Waals surface area (Å²) in [6.07, 6.45) is 6.46. The van der Waals surface area contributed by atoms with Crippen LogP contribution in [0.3, 0.4) is 0 Å². The summed E-state index contributed by atoms with van der Waals surface area (Å²) in [5.74, 6) is -0.868. The highest BCUT2D eigenvalue weighted by Crippen LogP contribution is 2.11. The highest BCUT2D eigenvalue weighted by molar-refractivity contribution is 6.30. The fourth-order valence-corrected chi connectivity index (χ4v) is 3.55. The number of hydrogen-bond acceptors (Lipinski definition) is 3. The molecule has 0 aliphatic carbocycles. The van der Waals surface area contributed by atoms with E-state index in [-0.39, 0.29) is 0 Å². The van der Waals surface area contributed by atoms with E-state index in [0.717, 1.165) is 57.1 Å². The van der Waals surface area contributed by atoms with Crippen molar-refractivity contribution in [3.8, 4) is 0 Å². The maximum Gasteiger partial charge on any atom is 0.335 e. The SMILES string of the molecule is O=C(O)c1ccc(CCCN2CCN(CC=Cc3ccc(Cl)cc3)CC2)cc1. The van der Waals surface area contributed by atoms with Crippen molar-refractivity contribution >= 4 is 23.6 Å². The molecular formula is C23H27ClN2O2. The van der Waals surface area contributed by atoms with E-state index in [2.05, 4.69) is 22.0 Å². The van der Waals surface area contributed by atoms with Crippen molar-refractivity contribution in [3.05, 3.63) is 76.3 Å². The van der Waals surface area contributed by atoms with Crippen molar-refractivity contribution in [1.82, 2.24) is 9.80 Å². The van der Waals surface area contributed by atoms with Gasteiger partial charge in [0.2, 0.25) is 0 Å². The molecule has 1 saturated heterocycles. The van der Waals surface area contributed by atoms with Crippen LogP contribution < -0.4 is 0 Å². The summed E-state index contributed by atoms with van der Waals surface area (Å²) in [5, 5.41) is 9.71. The number of rotatable bonds is 8. The van der Waals surface area contributed by atoms with Gasteiger partial charge in [-0.2, -0.15) is 0 Å². The first-order valence-corrected chi connectivity index (χ1v) is 10.2. The molecule has 0 atom stereocenters. The average Bonchev–Trinajstić information content (AvgIpc) is 2.71. The van der Waals surface area contributed by atoms with Crippen LogP contribution in [0.2, 0.25) is 5.02 Å². The number of carboxylic acid groups (broad SMARTS) is 1. The first-order chi connectivity index (χ1) is 13.6. The second-order valence-electron chi connectivity index (χ2n) is 7.20. The van der Waals surface area contributed by atoms with Crippen LogP contribution >= 0.6 is 11.6 Å². The largest absolute Gasteiger partial charge is 0.478 e. The molecule has 148 valence electrons. The molecule has 2 aromatic rings. The van der Waals surface area contributed by atoms with Crippen molar-refractivity contribution in [2.75, 3.05) is 39.3 Å². The van der Waals surface area contributed by atoms with E-state index in [9.17, 15) is 4.79 Å². The summed E-state index contributed by atoms with van der Waals surface area (Å²) in [5.41, 5.74) is 2.74. The lowest BCUT2D eigenvalue weighted by Crippen LogP contribution is -2.46. The number of halogens is 1. The lowest BCUT2D eigenvalue weighted by Gasteiger charge is -2.34. The van der Waals surface area contributed by atoms with Crippen molar-refractivity contribution in [1.29, 1.82) is 0 Å². The van der Waals surface area contributed by atoms with E-state index in [1.54, 1.807) is 12.1 Å². The molecule has 0 bridgehead atoms. The zero-order valence-electron chi connectivity index (χ0n) is 16.1. The van der Waals surface area contributed by atoms with E-state index >= 15 is 0 Å². The molecule has 5 heteroatoms. The first-order valence-electron chi connectivity index (χ1n) is 9.79. The molecule has 0 saturated carbocycles. The number of carbonyl (C=O) groups is 1. The van der Waals surface area contributed by atoms with Gasteiger partial charge in [-0.25, -0.2) is 4.79 Å². The van der Waals surface area contributed by atoms with Crippen molar-refractivity contribution in [3.63, 3.8) is 0 Å². The average molecular weight is 399 g/mol. The Morgan fingerprint density at radius 3 is 2.25 bits per heavy atom. The van der Waals surface area contributed by atoms with E-state index in [4.69, 9.17) is 16.7 Å². The number of hydrogen-bond donors (Lipinski definition) is 1. The second-order valence-corrected chi connectivity index (χ2v) is 7.64. The molecular weight excluding hydrogens is 372 g/mol. The minimum atomic E-state index is -0.868. The van der Waals surface area contributed by atoms with Crippen LogP contribution in [0.4, 0.5) is 0 Å². The predicted octanol–water partition coefficient (Wildman–Crippen LogP) is 4.30. The van der Waals surface area contributed by atoms with Gasteiger partial charge in [-0.3, -0.25) is 4.90 Å². The van der Waals surface area contributed by atoms with Gasteiger partial charge in [0.15, 0.2) is 0 Å². The summed E-state index contributed by atoms with van der Waals surface area (Å²) in [6.45, 7) is 6.47. The standard InChI is InChI=1S/C23H27ClN2O2/c24-22-11-7-20(8-12-22)4-2-14-26-17-15-25(16-18-26)13-1-3-19-5-9-21(10-6-19)23(27)28/h2,4-12H,1,3,13-18H2,(H,27,28). The summed E-state index contributed by atoms with van der Waals surface area (Å²) in [4.78, 5) is 15.9. The fourth-order valence-electron chi connectivity index (χ4n) is 3.43. The third-order valence-corrected chi connectivity index (χ3v) is 5.40. The van der Waals surface area contributed by atoms with Gasteiger partial charge < -0.3 is 10.0 Å². The molecule has 1 aliphatic heterocycles. The molecule has 1 heterocycles. The van der Waals surface area contributed by atoms with Crippen LogP contribution in [-0.2, 0) is 6.42 Å². The molecule has 4 nitrogen and oxygen atoms in total. The van der Waals surface area contributed by atoms with Crippen LogP contribution in [-0.4, -0.2) is 60.1 Å². The highest BCUT2D eigenvalue weighted by Gasteiger charge is 2.15. The van der Waals surface area contributed by atoms with Gasteiger partial charge in [0, 0.05) is 37.7 Å². The molecule has 0 radical (unpaired) electrons. The Morgan fingerprint density at radius 1 is 0.964 bits per heavy atom. The highest BCUT2D eigenvalue weighted by atomic mass is 35.5. The van der Waals surface area contributed by atoms with Crippen molar-refractivity contribution < 1.29 is 9.90 Å². The summed E-state index contributed by atoms with van der Waals surface area (Å²) < 4.78 is 0. The smallest absolute Gasteiger partial charge is 0.335 e. The molecule has 1 N–H and O–H groups in total. The monoisotopic (exact) mass is 398 g/mol. The van der Waals surface area contributed by atoms with Crippen molar-refractivity contribution in [2.24, 2.45) is 0 Å². The quantitative estimate of drug-likeness (QED) is 0.719. The second kappa shape index (κ2) is 10.4. The maximum atomic E-state index is 10.9. The van der Waals surface area contributed by atoms with E-state index in [0.29, 0.717) is 5.56 Å². The number of nitrogens with zero attached hydrogens (tertiary/aromatic N) is 2. The van der Waals surface area contributed by atoms with Gasteiger partial charge in [-0.15, -0.1) is 0 Å².